The van der Waals surface area contributed by atoms with Crippen LogP contribution in [-0.2, 0) is 14.8 Å². The summed E-state index contributed by atoms with van der Waals surface area (Å²) in [5.74, 6) is 0. The standard InChI is InChI=1S/C12H18O3/c1-10(11-8-6-5-7-9-11)13-15-14-12(2,3)4/h5-10H,1-4H3. The third kappa shape index (κ3) is 4.93. The molecule has 15 heavy (non-hydrogen) atoms. The van der Waals surface area contributed by atoms with Crippen molar-refractivity contribution >= 4 is 0 Å². The van der Waals surface area contributed by atoms with Crippen LogP contribution in [0.1, 0.15) is 39.4 Å². The first-order chi connectivity index (χ1) is 6.99. The lowest BCUT2D eigenvalue weighted by molar-refractivity contribution is -0.551. The van der Waals surface area contributed by atoms with Gasteiger partial charge in [-0.3, -0.25) is 0 Å². The van der Waals surface area contributed by atoms with Crippen LogP contribution in [0.2, 0.25) is 0 Å². The van der Waals surface area contributed by atoms with Crippen LogP contribution in [-0.4, -0.2) is 5.60 Å². The summed E-state index contributed by atoms with van der Waals surface area (Å²) in [7, 11) is 0. The van der Waals surface area contributed by atoms with Crippen LogP contribution in [0.3, 0.4) is 0 Å². The van der Waals surface area contributed by atoms with Crippen molar-refractivity contribution in [3.8, 4) is 0 Å². The highest BCUT2D eigenvalue weighted by molar-refractivity contribution is 5.16. The molecule has 0 aliphatic heterocycles. The molecular formula is C12H18O3. The third-order valence-corrected chi connectivity index (χ3v) is 1.74. The summed E-state index contributed by atoms with van der Waals surface area (Å²) in [6.07, 6.45) is -0.145. The third-order valence-electron chi connectivity index (χ3n) is 1.74. The lowest BCUT2D eigenvalue weighted by Gasteiger charge is -2.18. The molecule has 0 amide bonds. The van der Waals surface area contributed by atoms with Crippen LogP contribution in [0.5, 0.6) is 0 Å². The molecule has 0 spiro atoms. The number of benzene rings is 1. The smallest absolute Gasteiger partial charge is 0.118 e. The molecule has 0 aliphatic carbocycles. The van der Waals surface area contributed by atoms with Gasteiger partial charge in [0.05, 0.1) is 5.60 Å². The van der Waals surface area contributed by atoms with Gasteiger partial charge in [-0.05, 0) is 33.3 Å². The Morgan fingerprint density at radius 2 is 1.67 bits per heavy atom. The highest BCUT2D eigenvalue weighted by Crippen LogP contribution is 2.17. The minimum Gasteiger partial charge on any atom is -0.200 e. The van der Waals surface area contributed by atoms with Crippen LogP contribution in [0.25, 0.3) is 0 Å². The summed E-state index contributed by atoms with van der Waals surface area (Å²) in [6, 6.07) is 9.83. The van der Waals surface area contributed by atoms with Crippen LogP contribution in [0.15, 0.2) is 30.3 Å². The van der Waals surface area contributed by atoms with Crippen molar-refractivity contribution in [2.75, 3.05) is 0 Å². The Kier molecular flexibility index (Phi) is 4.27. The summed E-state index contributed by atoms with van der Waals surface area (Å²) >= 11 is 0. The molecule has 1 atom stereocenters. The average Bonchev–Trinajstić information content (AvgIpc) is 2.17. The van der Waals surface area contributed by atoms with Crippen LogP contribution in [0, 0.1) is 0 Å². The largest absolute Gasteiger partial charge is 0.200 e. The Hall–Kier alpha value is -0.900. The molecule has 1 aromatic rings. The highest BCUT2D eigenvalue weighted by Gasteiger charge is 2.14. The second-order valence-corrected chi connectivity index (χ2v) is 4.41. The lowest BCUT2D eigenvalue weighted by Crippen LogP contribution is -2.20. The summed E-state index contributed by atoms with van der Waals surface area (Å²) in [4.78, 5) is 10.1. The minimum atomic E-state index is -0.365. The molecule has 0 saturated carbocycles. The zero-order valence-corrected chi connectivity index (χ0v) is 9.69. The quantitative estimate of drug-likeness (QED) is 0.563. The second kappa shape index (κ2) is 5.26. The maximum atomic E-state index is 5.08. The van der Waals surface area contributed by atoms with Crippen molar-refractivity contribution in [3.63, 3.8) is 0 Å². The van der Waals surface area contributed by atoms with Gasteiger partial charge in [-0.1, -0.05) is 35.4 Å². The lowest BCUT2D eigenvalue weighted by atomic mass is 10.1. The predicted octanol–water partition coefficient (Wildman–Crippen LogP) is 3.43. The van der Waals surface area contributed by atoms with Gasteiger partial charge in [0.25, 0.3) is 0 Å². The predicted molar refractivity (Wildman–Crippen MR) is 57.9 cm³/mol. The van der Waals surface area contributed by atoms with Gasteiger partial charge in [-0.25, -0.2) is 4.89 Å². The normalized spacial score (nSPS) is 13.9. The molecule has 0 bridgehead atoms. The molecule has 1 rings (SSSR count). The fourth-order valence-electron chi connectivity index (χ4n) is 0.960. The SMILES string of the molecule is CC(OOOC(C)(C)C)c1ccccc1. The molecule has 0 heterocycles. The molecule has 0 aliphatic rings. The number of hydrogen-bond acceptors (Lipinski definition) is 3. The monoisotopic (exact) mass is 210 g/mol. The van der Waals surface area contributed by atoms with E-state index in [0.29, 0.717) is 0 Å². The molecule has 0 saturated heterocycles. The molecule has 3 nitrogen and oxygen atoms in total. The molecule has 1 aromatic carbocycles. The van der Waals surface area contributed by atoms with Gasteiger partial charge in [0, 0.05) is 0 Å². The van der Waals surface area contributed by atoms with Gasteiger partial charge in [0.2, 0.25) is 0 Å². The van der Waals surface area contributed by atoms with E-state index >= 15 is 0 Å². The summed E-state index contributed by atoms with van der Waals surface area (Å²) < 4.78 is 0. The van der Waals surface area contributed by atoms with Crippen LogP contribution < -0.4 is 0 Å². The van der Waals surface area contributed by atoms with Crippen molar-refractivity contribution in [1.82, 2.24) is 0 Å². The van der Waals surface area contributed by atoms with Gasteiger partial charge >= 0.3 is 0 Å². The average molecular weight is 210 g/mol. The molecule has 0 radical (unpaired) electrons. The number of rotatable bonds is 4. The van der Waals surface area contributed by atoms with E-state index in [1.165, 1.54) is 0 Å². The topological polar surface area (TPSA) is 27.7 Å². The summed E-state index contributed by atoms with van der Waals surface area (Å²) in [6.45, 7) is 7.58. The molecule has 1 unspecified atom stereocenters. The molecule has 3 heteroatoms. The van der Waals surface area contributed by atoms with Crippen molar-refractivity contribution in [2.45, 2.75) is 39.4 Å². The van der Waals surface area contributed by atoms with E-state index in [9.17, 15) is 0 Å². The van der Waals surface area contributed by atoms with Gasteiger partial charge in [0.1, 0.15) is 6.10 Å². The first kappa shape index (κ1) is 12.2. The molecule has 0 fully saturated rings. The number of hydrogen-bond donors (Lipinski definition) is 0. The van der Waals surface area contributed by atoms with Crippen LogP contribution in [0.4, 0.5) is 0 Å². The second-order valence-electron chi connectivity index (χ2n) is 4.41. The summed E-state index contributed by atoms with van der Waals surface area (Å²) in [5, 5.41) is 4.71. The highest BCUT2D eigenvalue weighted by atomic mass is 17.5. The Morgan fingerprint density at radius 3 is 2.20 bits per heavy atom. The fourth-order valence-corrected chi connectivity index (χ4v) is 0.960. The van der Waals surface area contributed by atoms with E-state index in [4.69, 9.17) is 14.8 Å². The van der Waals surface area contributed by atoms with Gasteiger partial charge in [-0.2, -0.15) is 4.89 Å². The van der Waals surface area contributed by atoms with E-state index in [1.807, 2.05) is 58.0 Å². The van der Waals surface area contributed by atoms with Crippen molar-refractivity contribution in [3.05, 3.63) is 35.9 Å². The van der Waals surface area contributed by atoms with Crippen LogP contribution >= 0.6 is 0 Å². The Balaban J connectivity index is 2.34. The zero-order chi connectivity index (χ0) is 11.3. The van der Waals surface area contributed by atoms with Gasteiger partial charge in [0.15, 0.2) is 0 Å². The molecule has 84 valence electrons. The van der Waals surface area contributed by atoms with Gasteiger partial charge in [-0.15, -0.1) is 0 Å². The van der Waals surface area contributed by atoms with E-state index < -0.39 is 0 Å². The first-order valence-electron chi connectivity index (χ1n) is 5.05. The van der Waals surface area contributed by atoms with Gasteiger partial charge < -0.3 is 0 Å². The van der Waals surface area contributed by atoms with Crippen molar-refractivity contribution in [2.24, 2.45) is 0 Å². The first-order valence-corrected chi connectivity index (χ1v) is 5.05. The van der Waals surface area contributed by atoms with Crippen molar-refractivity contribution < 1.29 is 14.8 Å². The Labute approximate surface area is 90.8 Å². The minimum absolute atomic E-state index is 0.145. The van der Waals surface area contributed by atoms with E-state index in [1.54, 1.807) is 0 Å². The summed E-state index contributed by atoms with van der Waals surface area (Å²) in [5.41, 5.74) is 0.686. The van der Waals surface area contributed by atoms with E-state index in [0.717, 1.165) is 5.56 Å². The molecular weight excluding hydrogens is 192 g/mol. The maximum absolute atomic E-state index is 5.08. The van der Waals surface area contributed by atoms with E-state index in [2.05, 4.69) is 0 Å². The van der Waals surface area contributed by atoms with Crippen molar-refractivity contribution in [1.29, 1.82) is 0 Å². The Bertz CT molecular complexity index is 277. The molecule has 0 N–H and O–H groups in total. The Morgan fingerprint density at radius 1 is 1.07 bits per heavy atom. The zero-order valence-electron chi connectivity index (χ0n) is 9.69. The molecule has 0 aromatic heterocycles. The van der Waals surface area contributed by atoms with E-state index in [-0.39, 0.29) is 11.7 Å². The maximum Gasteiger partial charge on any atom is 0.118 e. The fraction of sp³-hybridized carbons (Fsp3) is 0.500.